The minimum atomic E-state index is -1.46. The van der Waals surface area contributed by atoms with Gasteiger partial charge in [-0.2, -0.15) is 0 Å². The Bertz CT molecular complexity index is 1590. The summed E-state index contributed by atoms with van der Waals surface area (Å²) in [6.07, 6.45) is -1.79. The Morgan fingerprint density at radius 1 is 0.625 bits per heavy atom. The molecule has 34 atom stereocenters. The number of aliphatic hydroxyl groups is 1. The summed E-state index contributed by atoms with van der Waals surface area (Å²) in [4.78, 5) is 14.3. The molecule has 0 amide bonds. The maximum atomic E-state index is 14.3. The average Bonchev–Trinajstić information content (AvgIpc) is 3.46. The van der Waals surface area contributed by atoms with Gasteiger partial charge < -0.3 is 32.7 Å². The molecule has 1 spiro atoms. The van der Waals surface area contributed by atoms with Crippen molar-refractivity contribution in [2.75, 3.05) is 0 Å². The van der Waals surface area contributed by atoms with Crippen molar-refractivity contribution in [2.45, 2.75) is 95.6 Å². The Hall–Kier alpha value is 13.9. The van der Waals surface area contributed by atoms with Gasteiger partial charge in [0.1, 0.15) is 0 Å². The van der Waals surface area contributed by atoms with Crippen molar-refractivity contribution in [2.24, 2.45) is 16.7 Å². The van der Waals surface area contributed by atoms with Crippen LogP contribution in [0.25, 0.3) is 0 Å². The van der Waals surface area contributed by atoms with Gasteiger partial charge in [-0.15, -0.1) is 152 Å². The van der Waals surface area contributed by atoms with E-state index in [1.807, 2.05) is 6.92 Å². The molecule has 25 unspecified atom stereocenters. The fourth-order valence-corrected chi connectivity index (χ4v) is 241. The second-order valence-corrected chi connectivity index (χ2v) is 137. The fourth-order valence-electron chi connectivity index (χ4n) is 9.14. The second-order valence-electron chi connectivity index (χ2n) is 15.8. The highest BCUT2D eigenvalue weighted by atomic mass is 33.3. The van der Waals surface area contributed by atoms with Gasteiger partial charge >= 0.3 is 6.16 Å². The van der Waals surface area contributed by atoms with E-state index >= 15 is 0 Å². The van der Waals surface area contributed by atoms with Crippen LogP contribution in [0.15, 0.2) is 11.1 Å². The van der Waals surface area contributed by atoms with Crippen LogP contribution in [-0.4, -0.2) is 53.0 Å². The summed E-state index contributed by atoms with van der Waals surface area (Å²) in [5.74, 6) is -0.650. The Morgan fingerprint density at radius 2 is 1.16 bits per heavy atom. The molecule has 2 bridgehead atoms. The first kappa shape index (κ1) is 70.3. The van der Waals surface area contributed by atoms with Crippen molar-refractivity contribution in [3.05, 3.63) is 11.1 Å². The summed E-state index contributed by atoms with van der Waals surface area (Å²) >= 11 is 0. The lowest BCUT2D eigenvalue weighted by Crippen LogP contribution is -2.73. The highest BCUT2D eigenvalue weighted by Crippen LogP contribution is 3.21. The average molecular weight is 1530 g/mol. The van der Waals surface area contributed by atoms with E-state index in [1.165, 1.54) is 5.57 Å². The van der Waals surface area contributed by atoms with Crippen LogP contribution in [0.5, 0.6) is 0 Å². The minimum absolute atomic E-state index is 0.336. The SMILES string of the molecule is CC1=C2[C@H](OP(P(P)P)P(PP)P(P)P)C[C@]3(C)[C@@H](OP(P(P)P)P(P)P)C[C@H](OP(P)P(P)P)[C@@](C)(O)[C@H]3[C@@H]3OC(=O)O[C@@]3(C[C@@H]1OP(P)P(P(P)P)P(P(P)P)P(P)P)C2(C)C. The molecule has 64 heavy (non-hydrogen) atoms. The second kappa shape index (κ2) is 30.8. The molecule has 3 fully saturated rings. The molecule has 4 rings (SSSR count). The molecule has 8 nitrogen and oxygen atoms in total. The Morgan fingerprint density at radius 3 is 1.61 bits per heavy atom. The van der Waals surface area contributed by atoms with Gasteiger partial charge in [0.15, 0.2) is 11.7 Å². The molecule has 1 heterocycles. The number of carbonyl (C=O) groups excluding carboxylic acids is 1. The Balaban J connectivity index is 2.13. The molecule has 4 aliphatic rings. The maximum Gasteiger partial charge on any atom is 0.509 e. The summed E-state index contributed by atoms with van der Waals surface area (Å²) in [6, 6.07) is 0. The smallest absolute Gasteiger partial charge is 0.426 e. The Labute approximate surface area is 447 Å². The van der Waals surface area contributed by atoms with Crippen LogP contribution >= 0.6 is 285 Å². The first-order valence-electron chi connectivity index (χ1n) is 18.3. The number of fused-ring (bicyclic) bond motifs is 3. The molecule has 43 heteroatoms. The lowest BCUT2D eigenvalue weighted by atomic mass is 9.46. The van der Waals surface area contributed by atoms with E-state index in [1.54, 1.807) is 0 Å². The van der Waals surface area contributed by atoms with Gasteiger partial charge in [0.05, 0.1) is 60.1 Å². The third-order valence-corrected chi connectivity index (χ3v) is 169. The van der Waals surface area contributed by atoms with Gasteiger partial charge in [-0.05, 0) is 94.3 Å². The van der Waals surface area contributed by atoms with Crippen molar-refractivity contribution in [3.63, 3.8) is 0 Å². The zero-order chi connectivity index (χ0) is 48.9. The van der Waals surface area contributed by atoms with Gasteiger partial charge in [-0.3, -0.25) is 0 Å². The van der Waals surface area contributed by atoms with Crippen LogP contribution < -0.4 is 0 Å². The van der Waals surface area contributed by atoms with Crippen LogP contribution in [0.2, 0.25) is 0 Å². The predicted molar refractivity (Wildman–Crippen MR) is 393 cm³/mol. The highest BCUT2D eigenvalue weighted by molar-refractivity contribution is 9.25. The standard InChI is InChI=1S/C21H67O8P35/c1-9-10(26-51(32)63(59(43)44)64(60(45)46)61(47)48)8-21-16(24-17(22)25-21)15-19(4,7-11(14(9)18(21,2)3)27-53(57(39)40)62(49-30)58(41)42)12(29-52(55(35)36)56(37)38)6-13(20(15,5)23)28-50(31)54(33)34/h10-13,15-16,23,49H,6-8,30-48H2,1-5H3/t10-,11+,12-,13-,15-,16-,19+,20+,21+,50?,51?,53?,62?,63?/m0/s1. The maximum absolute atomic E-state index is 14.3. The number of hydrogen-bond donors (Lipinski definition) is 1. The number of ether oxygens (including phenoxy) is 2. The van der Waals surface area contributed by atoms with E-state index in [9.17, 15) is 9.90 Å². The molecule has 0 radical (unpaired) electrons. The topological polar surface area (TPSA) is 92.7 Å². The van der Waals surface area contributed by atoms with E-state index in [-0.39, 0.29) is 39.3 Å². The molecule has 374 valence electrons. The van der Waals surface area contributed by atoms with Crippen molar-refractivity contribution < 1.29 is 37.5 Å². The summed E-state index contributed by atoms with van der Waals surface area (Å²) in [5.41, 5.74) is -1.88. The normalized spacial score (nSPS) is 34.7. The van der Waals surface area contributed by atoms with Gasteiger partial charge in [0.2, 0.25) is 0 Å². The number of carbonyl (C=O) groups is 1. The molecule has 1 N–H and O–H groups in total. The molecular weight excluding hydrogens is 1460 g/mol. The molecule has 0 aromatic carbocycles. The quantitative estimate of drug-likeness (QED) is 0.0732. The molecule has 0 aromatic heterocycles. The number of hydrogen-bond acceptors (Lipinski definition) is 8. The van der Waals surface area contributed by atoms with Crippen molar-refractivity contribution >= 4 is 291 Å². The van der Waals surface area contributed by atoms with Crippen LogP contribution in [0.4, 0.5) is 4.79 Å². The third kappa shape index (κ3) is 16.6. The van der Waals surface area contributed by atoms with E-state index in [0.717, 1.165) is 5.57 Å². The predicted octanol–water partition coefficient (Wildman–Crippen LogP) is 22.3. The lowest BCUT2D eigenvalue weighted by Gasteiger charge is -2.64. The third-order valence-electron chi connectivity index (χ3n) is 11.7. The zero-order valence-corrected chi connectivity index (χ0v) is 71.9. The molecule has 1 aliphatic heterocycles. The first-order valence-corrected chi connectivity index (χ1v) is 78.6. The molecule has 2 saturated carbocycles. The largest absolute Gasteiger partial charge is 0.509 e. The van der Waals surface area contributed by atoms with Gasteiger partial charge in [0, 0.05) is 43.6 Å². The minimum Gasteiger partial charge on any atom is -0.426 e. The Kier molecular flexibility index (Phi) is 33.8. The van der Waals surface area contributed by atoms with E-state index in [0.29, 0.717) is 27.2 Å². The van der Waals surface area contributed by atoms with Crippen LogP contribution in [0.3, 0.4) is 0 Å². The number of rotatable bonds is 20. The van der Waals surface area contributed by atoms with Crippen molar-refractivity contribution in [1.29, 1.82) is 0 Å². The molecular formula is C21H67O8P35. The summed E-state index contributed by atoms with van der Waals surface area (Å²) in [6.45, 7) is 5.58. The molecule has 3 aliphatic carbocycles. The van der Waals surface area contributed by atoms with Crippen LogP contribution in [0, 0.1) is 16.7 Å². The lowest BCUT2D eigenvalue weighted by molar-refractivity contribution is -0.247. The van der Waals surface area contributed by atoms with Gasteiger partial charge in [-0.25, -0.2) is 4.79 Å². The van der Waals surface area contributed by atoms with Gasteiger partial charge in [0.25, 0.3) is 0 Å². The first-order chi connectivity index (χ1) is 29.3. The van der Waals surface area contributed by atoms with E-state index in [4.69, 9.17) is 27.6 Å². The van der Waals surface area contributed by atoms with Crippen molar-refractivity contribution in [1.82, 2.24) is 0 Å². The van der Waals surface area contributed by atoms with Gasteiger partial charge in [-0.1, -0.05) is 46.6 Å². The van der Waals surface area contributed by atoms with E-state index < -0.39 is 132 Å². The van der Waals surface area contributed by atoms with Crippen LogP contribution in [-0.2, 0) is 27.6 Å². The summed E-state index contributed by atoms with van der Waals surface area (Å²) in [5, 5.41) is 13.6. The van der Waals surface area contributed by atoms with Crippen LogP contribution in [0.1, 0.15) is 53.9 Å². The van der Waals surface area contributed by atoms with E-state index in [2.05, 4.69) is 197 Å². The zero-order valence-electron chi connectivity index (χ0n) is 35.6. The highest BCUT2D eigenvalue weighted by Gasteiger charge is 2.76. The summed E-state index contributed by atoms with van der Waals surface area (Å²) in [7, 11) is 55.4. The molecule has 0 aromatic rings. The summed E-state index contributed by atoms with van der Waals surface area (Å²) < 4.78 is 43.7. The fraction of sp³-hybridized carbons (Fsp3) is 0.857. The molecule has 1 saturated heterocycles. The van der Waals surface area contributed by atoms with Crippen molar-refractivity contribution in [3.8, 4) is 0 Å². The monoisotopic (exact) mass is 1530 g/mol.